The Morgan fingerprint density at radius 3 is 2.89 bits per heavy atom. The van der Waals surface area contributed by atoms with Crippen LogP contribution in [0.3, 0.4) is 0 Å². The van der Waals surface area contributed by atoms with Crippen LogP contribution in [0.15, 0.2) is 24.3 Å². The van der Waals surface area contributed by atoms with Crippen molar-refractivity contribution in [2.75, 3.05) is 25.6 Å². The van der Waals surface area contributed by atoms with E-state index in [-0.39, 0.29) is 11.9 Å². The fourth-order valence-electron chi connectivity index (χ4n) is 1.79. The van der Waals surface area contributed by atoms with Gasteiger partial charge in [-0.05, 0) is 12.1 Å². The molecular weight excluding hydrogens is 248 g/mol. The second-order valence-corrected chi connectivity index (χ2v) is 5.28. The molecule has 18 heavy (non-hydrogen) atoms. The number of carbonyl (C=O) groups excluding carboxylic acids is 1. The van der Waals surface area contributed by atoms with Crippen LogP contribution in [-0.4, -0.2) is 31.7 Å². The molecule has 0 aliphatic heterocycles. The first kappa shape index (κ1) is 12.8. The molecule has 1 heterocycles. The predicted molar refractivity (Wildman–Crippen MR) is 74.1 cm³/mol. The lowest BCUT2D eigenvalue weighted by molar-refractivity contribution is -0.144. The van der Waals surface area contributed by atoms with Gasteiger partial charge >= 0.3 is 5.97 Å². The number of para-hydroxylation sites is 1. The van der Waals surface area contributed by atoms with Crippen molar-refractivity contribution in [3.05, 3.63) is 24.3 Å². The average molecular weight is 264 g/mol. The zero-order chi connectivity index (χ0) is 13.1. The Labute approximate surface area is 110 Å². The summed E-state index contributed by atoms with van der Waals surface area (Å²) in [7, 11) is 3.35. The monoisotopic (exact) mass is 264 g/mol. The third-order valence-corrected chi connectivity index (χ3v) is 3.91. The minimum Gasteiger partial charge on any atom is -0.469 e. The number of anilines is 1. The molecule has 0 bridgehead atoms. The summed E-state index contributed by atoms with van der Waals surface area (Å²) in [4.78, 5) is 17.9. The van der Waals surface area contributed by atoms with E-state index < -0.39 is 0 Å². The van der Waals surface area contributed by atoms with E-state index in [1.54, 1.807) is 11.3 Å². The molecule has 1 aromatic heterocycles. The van der Waals surface area contributed by atoms with Crippen molar-refractivity contribution >= 4 is 32.7 Å². The van der Waals surface area contributed by atoms with Gasteiger partial charge in [0.2, 0.25) is 0 Å². The van der Waals surface area contributed by atoms with E-state index in [1.165, 1.54) is 7.11 Å². The second kappa shape index (κ2) is 5.35. The maximum atomic E-state index is 11.4. The molecule has 0 amide bonds. The van der Waals surface area contributed by atoms with E-state index in [0.29, 0.717) is 6.54 Å². The van der Waals surface area contributed by atoms with Gasteiger partial charge in [0.25, 0.3) is 0 Å². The number of thiazole rings is 1. The third kappa shape index (κ3) is 2.61. The topological polar surface area (TPSA) is 42.4 Å². The van der Waals surface area contributed by atoms with Crippen LogP contribution in [0.1, 0.15) is 6.92 Å². The maximum Gasteiger partial charge on any atom is 0.310 e. The molecule has 0 spiro atoms. The van der Waals surface area contributed by atoms with Crippen LogP contribution >= 0.6 is 11.3 Å². The van der Waals surface area contributed by atoms with Gasteiger partial charge in [-0.25, -0.2) is 4.98 Å². The Bertz CT molecular complexity index is 520. The number of ether oxygens (including phenoxy) is 1. The second-order valence-electron chi connectivity index (χ2n) is 4.27. The van der Waals surface area contributed by atoms with Crippen molar-refractivity contribution in [3.63, 3.8) is 0 Å². The van der Waals surface area contributed by atoms with Gasteiger partial charge < -0.3 is 9.64 Å². The molecule has 0 aliphatic carbocycles. The number of hydrogen-bond acceptors (Lipinski definition) is 5. The molecule has 0 radical (unpaired) electrons. The van der Waals surface area contributed by atoms with Crippen LogP contribution in [0.4, 0.5) is 5.13 Å². The summed E-state index contributed by atoms with van der Waals surface area (Å²) in [5.41, 5.74) is 0.995. The highest BCUT2D eigenvalue weighted by molar-refractivity contribution is 7.22. The Morgan fingerprint density at radius 2 is 2.22 bits per heavy atom. The molecular formula is C13H16N2O2S. The molecule has 0 saturated heterocycles. The van der Waals surface area contributed by atoms with E-state index >= 15 is 0 Å². The zero-order valence-electron chi connectivity index (χ0n) is 10.7. The van der Waals surface area contributed by atoms with Gasteiger partial charge in [-0.3, -0.25) is 4.79 Å². The van der Waals surface area contributed by atoms with E-state index in [4.69, 9.17) is 4.74 Å². The molecule has 0 fully saturated rings. The standard InChI is InChI=1S/C13H16N2O2S/c1-9(12(16)17-3)8-15(2)13-14-10-6-4-5-7-11(10)18-13/h4-7,9H,8H2,1-3H3. The number of hydrogen-bond donors (Lipinski definition) is 0. The van der Waals surface area contributed by atoms with Gasteiger partial charge in [0.15, 0.2) is 5.13 Å². The van der Waals surface area contributed by atoms with Crippen molar-refractivity contribution in [2.24, 2.45) is 5.92 Å². The number of nitrogens with zero attached hydrogens (tertiary/aromatic N) is 2. The summed E-state index contributed by atoms with van der Waals surface area (Å²) in [6.07, 6.45) is 0. The minimum atomic E-state index is -0.192. The Morgan fingerprint density at radius 1 is 1.50 bits per heavy atom. The summed E-state index contributed by atoms with van der Waals surface area (Å²) >= 11 is 1.63. The number of carbonyl (C=O) groups is 1. The van der Waals surface area contributed by atoms with Crippen molar-refractivity contribution in [2.45, 2.75) is 6.92 Å². The van der Waals surface area contributed by atoms with Crippen molar-refractivity contribution in [1.82, 2.24) is 4.98 Å². The Hall–Kier alpha value is -1.62. The van der Waals surface area contributed by atoms with Crippen LogP contribution in [0.5, 0.6) is 0 Å². The number of esters is 1. The largest absolute Gasteiger partial charge is 0.469 e. The summed E-state index contributed by atoms with van der Waals surface area (Å²) in [5.74, 6) is -0.352. The minimum absolute atomic E-state index is 0.160. The smallest absolute Gasteiger partial charge is 0.310 e. The maximum absolute atomic E-state index is 11.4. The van der Waals surface area contributed by atoms with Gasteiger partial charge in [0.1, 0.15) is 0 Å². The molecule has 4 nitrogen and oxygen atoms in total. The molecule has 0 aliphatic rings. The van der Waals surface area contributed by atoms with Crippen molar-refractivity contribution in [3.8, 4) is 0 Å². The molecule has 1 aromatic carbocycles. The van der Waals surface area contributed by atoms with Crippen molar-refractivity contribution < 1.29 is 9.53 Å². The first-order valence-electron chi connectivity index (χ1n) is 5.76. The summed E-state index contributed by atoms with van der Waals surface area (Å²) in [6.45, 7) is 2.46. The molecule has 0 N–H and O–H groups in total. The highest BCUT2D eigenvalue weighted by Gasteiger charge is 2.17. The number of fused-ring (bicyclic) bond motifs is 1. The molecule has 1 unspecified atom stereocenters. The lowest BCUT2D eigenvalue weighted by Gasteiger charge is -2.18. The van der Waals surface area contributed by atoms with Gasteiger partial charge in [0, 0.05) is 13.6 Å². The van der Waals surface area contributed by atoms with Crippen LogP contribution < -0.4 is 4.90 Å². The van der Waals surface area contributed by atoms with E-state index in [9.17, 15) is 4.79 Å². The first-order valence-corrected chi connectivity index (χ1v) is 6.58. The molecule has 5 heteroatoms. The van der Waals surface area contributed by atoms with E-state index in [1.807, 2.05) is 43.1 Å². The van der Waals surface area contributed by atoms with Crippen LogP contribution in [0.2, 0.25) is 0 Å². The molecule has 1 atom stereocenters. The normalized spacial score (nSPS) is 12.4. The average Bonchev–Trinajstić information content (AvgIpc) is 2.81. The SMILES string of the molecule is COC(=O)C(C)CN(C)c1nc2ccccc2s1. The summed E-state index contributed by atoms with van der Waals surface area (Å²) in [6, 6.07) is 8.02. The fourth-order valence-corrected chi connectivity index (χ4v) is 2.72. The van der Waals surface area contributed by atoms with Crippen molar-refractivity contribution in [1.29, 1.82) is 0 Å². The third-order valence-electron chi connectivity index (χ3n) is 2.76. The molecule has 2 aromatic rings. The molecule has 0 saturated carbocycles. The van der Waals surface area contributed by atoms with Gasteiger partial charge in [-0.1, -0.05) is 30.4 Å². The lowest BCUT2D eigenvalue weighted by atomic mass is 10.2. The highest BCUT2D eigenvalue weighted by Crippen LogP contribution is 2.28. The Kier molecular flexibility index (Phi) is 3.81. The lowest BCUT2D eigenvalue weighted by Crippen LogP contribution is -2.29. The van der Waals surface area contributed by atoms with Gasteiger partial charge in [0.05, 0.1) is 23.2 Å². The molecule has 96 valence electrons. The van der Waals surface area contributed by atoms with E-state index in [2.05, 4.69) is 4.98 Å². The van der Waals surface area contributed by atoms with Gasteiger partial charge in [-0.15, -0.1) is 0 Å². The summed E-state index contributed by atoms with van der Waals surface area (Å²) < 4.78 is 5.88. The van der Waals surface area contributed by atoms with Crippen LogP contribution in [-0.2, 0) is 9.53 Å². The van der Waals surface area contributed by atoms with Gasteiger partial charge in [-0.2, -0.15) is 0 Å². The van der Waals surface area contributed by atoms with Crippen LogP contribution in [0.25, 0.3) is 10.2 Å². The first-order chi connectivity index (χ1) is 8.61. The predicted octanol–water partition coefficient (Wildman–Crippen LogP) is 2.54. The Balaban J connectivity index is 2.13. The number of aromatic nitrogens is 1. The zero-order valence-corrected chi connectivity index (χ0v) is 11.5. The highest BCUT2D eigenvalue weighted by atomic mass is 32.1. The summed E-state index contributed by atoms with van der Waals surface area (Å²) in [5, 5.41) is 0.923. The quantitative estimate of drug-likeness (QED) is 0.796. The number of benzene rings is 1. The fraction of sp³-hybridized carbons (Fsp3) is 0.385. The molecule has 2 rings (SSSR count). The van der Waals surface area contributed by atoms with E-state index in [0.717, 1.165) is 15.3 Å². The number of methoxy groups -OCH3 is 1. The number of rotatable bonds is 4. The van der Waals surface area contributed by atoms with Crippen LogP contribution in [0, 0.1) is 5.92 Å².